The summed E-state index contributed by atoms with van der Waals surface area (Å²) in [5.41, 5.74) is 2.15. The van der Waals surface area contributed by atoms with Crippen molar-refractivity contribution in [3.05, 3.63) is 29.3 Å². The van der Waals surface area contributed by atoms with Crippen molar-refractivity contribution in [2.24, 2.45) is 27.5 Å². The largest absolute Gasteiger partial charge is 0.411 e. The Morgan fingerprint density at radius 1 is 1.35 bits per heavy atom. The van der Waals surface area contributed by atoms with Crippen LogP contribution in [0, 0.1) is 17.3 Å². The summed E-state index contributed by atoms with van der Waals surface area (Å²) < 4.78 is 27.1. The molecular weight excluding hydrogens is 356 g/mol. The molecule has 1 aromatic rings. The first-order chi connectivity index (χ1) is 12.2. The molecule has 3 N–H and O–H groups in total. The summed E-state index contributed by atoms with van der Waals surface area (Å²) in [6.07, 6.45) is 3.92. The van der Waals surface area contributed by atoms with Crippen LogP contribution in [0.25, 0.3) is 0 Å². The molecule has 0 amide bonds. The Balaban J connectivity index is 1.66. The fourth-order valence-electron chi connectivity index (χ4n) is 5.44. The molecule has 0 spiro atoms. The second kappa shape index (κ2) is 5.79. The highest BCUT2D eigenvalue weighted by molar-refractivity contribution is 7.84. The van der Waals surface area contributed by atoms with Gasteiger partial charge in [0.2, 0.25) is 0 Å². The minimum absolute atomic E-state index is 0.00820. The maximum absolute atomic E-state index is 12.6. The maximum atomic E-state index is 12.6. The third-order valence-electron chi connectivity index (χ3n) is 6.61. The molecule has 4 rings (SSSR count). The van der Waals surface area contributed by atoms with E-state index in [0.29, 0.717) is 24.0 Å². The Hall–Kier alpha value is -1.93. The molecular formula is C18H22N2O5S. The zero-order chi connectivity index (χ0) is 18.7. The lowest BCUT2D eigenvalue weighted by molar-refractivity contribution is -0.125. The number of hydrogen-bond acceptors (Lipinski definition) is 6. The summed E-state index contributed by atoms with van der Waals surface area (Å²) in [7, 11) is -4.04. The number of benzene rings is 1. The number of oxime groups is 1. The van der Waals surface area contributed by atoms with Crippen LogP contribution in [0.3, 0.4) is 0 Å². The molecule has 8 heteroatoms. The van der Waals surface area contributed by atoms with Crippen LogP contribution in [-0.2, 0) is 21.5 Å². The lowest BCUT2D eigenvalue weighted by Gasteiger charge is -2.47. The van der Waals surface area contributed by atoms with Gasteiger partial charge in [0.05, 0.1) is 0 Å². The molecule has 0 aromatic heterocycles. The van der Waals surface area contributed by atoms with Crippen LogP contribution >= 0.6 is 0 Å². The number of nitrogens with two attached hydrogens (primary N) is 1. The highest BCUT2D eigenvalue weighted by Crippen LogP contribution is 2.59. The first-order valence-corrected chi connectivity index (χ1v) is 10.3. The molecule has 3 aliphatic carbocycles. The lowest BCUT2D eigenvalue weighted by Crippen LogP contribution is -2.42. The molecule has 0 bridgehead atoms. The van der Waals surface area contributed by atoms with Crippen molar-refractivity contribution in [3.8, 4) is 5.75 Å². The Bertz CT molecular complexity index is 910. The second-order valence-electron chi connectivity index (χ2n) is 7.89. The van der Waals surface area contributed by atoms with Crippen LogP contribution in [0.1, 0.15) is 49.7 Å². The average molecular weight is 378 g/mol. The van der Waals surface area contributed by atoms with Crippen LogP contribution in [0.15, 0.2) is 23.4 Å². The van der Waals surface area contributed by atoms with Crippen LogP contribution in [0.4, 0.5) is 0 Å². The SMILES string of the molecule is C[C@]12CC[C@@H]3c4ccc(OS(N)(=O)=O)cc4CC[C@H]3[C@@H]1C/C(=N/O)C2=O. The minimum atomic E-state index is -4.04. The van der Waals surface area contributed by atoms with Gasteiger partial charge in [0.1, 0.15) is 11.5 Å². The lowest BCUT2D eigenvalue weighted by atomic mass is 9.55. The Kier molecular flexibility index (Phi) is 3.89. The number of rotatable bonds is 2. The Morgan fingerprint density at radius 3 is 2.81 bits per heavy atom. The average Bonchev–Trinajstić information content (AvgIpc) is 2.84. The van der Waals surface area contributed by atoms with Gasteiger partial charge in [-0.2, -0.15) is 13.6 Å². The Labute approximate surface area is 152 Å². The number of carbonyl (C=O) groups excluding carboxylic acids is 1. The predicted octanol–water partition coefficient (Wildman–Crippen LogP) is 2.13. The van der Waals surface area contributed by atoms with Crippen molar-refractivity contribution in [1.29, 1.82) is 0 Å². The van der Waals surface area contributed by atoms with Crippen molar-refractivity contribution < 1.29 is 22.6 Å². The Morgan fingerprint density at radius 2 is 2.12 bits per heavy atom. The standard InChI is InChI=1S/C18H22N2O5S/c1-18-7-6-13-12-5-3-11(25-26(19,23)24)8-10(12)2-4-14(13)15(18)9-16(20-22)17(18)21/h3,5,8,13-15,22H,2,4,6-7,9H2,1H3,(H2,19,23,24)/b20-16-/t13-,14-,15+,18+/m1/s1. The van der Waals surface area contributed by atoms with E-state index in [0.717, 1.165) is 31.2 Å². The second-order valence-corrected chi connectivity index (χ2v) is 9.04. The summed E-state index contributed by atoms with van der Waals surface area (Å²) in [5.74, 6) is 1.09. The van der Waals surface area contributed by atoms with E-state index in [1.54, 1.807) is 12.1 Å². The first-order valence-electron chi connectivity index (χ1n) is 8.84. The molecule has 0 heterocycles. The van der Waals surface area contributed by atoms with Crippen molar-refractivity contribution in [2.75, 3.05) is 0 Å². The van der Waals surface area contributed by atoms with E-state index in [4.69, 9.17) is 14.5 Å². The van der Waals surface area contributed by atoms with Crippen LogP contribution in [-0.4, -0.2) is 25.1 Å². The molecule has 0 saturated heterocycles. The highest BCUT2D eigenvalue weighted by Gasteiger charge is 2.57. The summed E-state index contributed by atoms with van der Waals surface area (Å²) in [5, 5.41) is 17.4. The molecule has 2 saturated carbocycles. The quantitative estimate of drug-likeness (QED) is 0.603. The smallest absolute Gasteiger partial charge is 0.380 e. The third-order valence-corrected chi connectivity index (χ3v) is 7.04. The van der Waals surface area contributed by atoms with E-state index >= 15 is 0 Å². The van der Waals surface area contributed by atoms with Gasteiger partial charge in [-0.1, -0.05) is 18.1 Å². The van der Waals surface area contributed by atoms with Gasteiger partial charge in [-0.15, -0.1) is 0 Å². The molecule has 3 aliphatic rings. The van der Waals surface area contributed by atoms with E-state index in [1.807, 2.05) is 13.0 Å². The first kappa shape index (κ1) is 17.5. The summed E-state index contributed by atoms with van der Waals surface area (Å²) >= 11 is 0. The molecule has 0 radical (unpaired) electrons. The van der Waals surface area contributed by atoms with Gasteiger partial charge in [0, 0.05) is 11.8 Å². The number of Topliss-reactive ketones (excluding diaryl/α,β-unsaturated/α-hetero) is 1. The number of nitrogens with zero attached hydrogens (tertiary/aromatic N) is 1. The van der Waals surface area contributed by atoms with Crippen molar-refractivity contribution in [1.82, 2.24) is 0 Å². The zero-order valence-electron chi connectivity index (χ0n) is 14.5. The van der Waals surface area contributed by atoms with Gasteiger partial charge >= 0.3 is 10.3 Å². The maximum Gasteiger partial charge on any atom is 0.380 e. The van der Waals surface area contributed by atoms with E-state index < -0.39 is 15.7 Å². The van der Waals surface area contributed by atoms with Gasteiger partial charge in [-0.25, -0.2) is 0 Å². The molecule has 0 aliphatic heterocycles. The van der Waals surface area contributed by atoms with Gasteiger partial charge in [-0.05, 0) is 66.7 Å². The van der Waals surface area contributed by atoms with Gasteiger partial charge < -0.3 is 9.39 Å². The summed E-state index contributed by atoms with van der Waals surface area (Å²) in [6, 6.07) is 5.32. The number of hydrogen-bond donors (Lipinski definition) is 2. The molecule has 140 valence electrons. The summed E-state index contributed by atoms with van der Waals surface area (Å²) in [4.78, 5) is 12.6. The van der Waals surface area contributed by atoms with Crippen molar-refractivity contribution >= 4 is 21.8 Å². The zero-order valence-corrected chi connectivity index (χ0v) is 15.3. The number of fused-ring (bicyclic) bond motifs is 5. The number of aryl methyl sites for hydroxylation is 1. The summed E-state index contributed by atoms with van der Waals surface area (Å²) in [6.45, 7) is 2.01. The molecule has 7 nitrogen and oxygen atoms in total. The number of ketones is 1. The third kappa shape index (κ3) is 2.63. The topological polar surface area (TPSA) is 119 Å². The fraction of sp³-hybridized carbons (Fsp3) is 0.556. The molecule has 1 aromatic carbocycles. The predicted molar refractivity (Wildman–Crippen MR) is 94.4 cm³/mol. The molecule has 0 unspecified atom stereocenters. The highest BCUT2D eigenvalue weighted by atomic mass is 32.2. The molecule has 2 fully saturated rings. The van der Waals surface area contributed by atoms with Crippen molar-refractivity contribution in [3.63, 3.8) is 0 Å². The fourth-order valence-corrected chi connectivity index (χ4v) is 5.81. The molecule has 4 atom stereocenters. The van der Waals surface area contributed by atoms with Crippen LogP contribution in [0.5, 0.6) is 5.75 Å². The molecule has 26 heavy (non-hydrogen) atoms. The van der Waals surface area contributed by atoms with E-state index in [9.17, 15) is 13.2 Å². The van der Waals surface area contributed by atoms with Gasteiger partial charge in [0.25, 0.3) is 0 Å². The van der Waals surface area contributed by atoms with E-state index in [-0.39, 0.29) is 17.5 Å². The normalized spacial score (nSPS) is 34.9. The van der Waals surface area contributed by atoms with Gasteiger partial charge in [0.15, 0.2) is 5.78 Å². The number of carbonyl (C=O) groups is 1. The van der Waals surface area contributed by atoms with E-state index in [1.165, 1.54) is 5.56 Å². The van der Waals surface area contributed by atoms with Crippen molar-refractivity contribution in [2.45, 2.75) is 44.9 Å². The van der Waals surface area contributed by atoms with Gasteiger partial charge in [-0.3, -0.25) is 4.79 Å². The van der Waals surface area contributed by atoms with Crippen LogP contribution < -0.4 is 9.32 Å². The van der Waals surface area contributed by atoms with Crippen LogP contribution in [0.2, 0.25) is 0 Å². The minimum Gasteiger partial charge on any atom is -0.411 e. The monoisotopic (exact) mass is 378 g/mol. The van der Waals surface area contributed by atoms with E-state index in [2.05, 4.69) is 5.16 Å².